The van der Waals surface area contributed by atoms with Crippen molar-refractivity contribution in [1.29, 1.82) is 0 Å². The van der Waals surface area contributed by atoms with Crippen molar-refractivity contribution in [2.75, 3.05) is 11.9 Å². The molecule has 0 saturated heterocycles. The number of imidazole rings is 1. The van der Waals surface area contributed by atoms with E-state index in [1.165, 1.54) is 12.1 Å². The second kappa shape index (κ2) is 8.66. The summed E-state index contributed by atoms with van der Waals surface area (Å²) in [6.45, 7) is 5.68. The Balaban J connectivity index is 1.87. The molecule has 1 aromatic carbocycles. The van der Waals surface area contributed by atoms with Crippen LogP contribution >= 0.6 is 0 Å². The van der Waals surface area contributed by atoms with Gasteiger partial charge in [0.05, 0.1) is 6.33 Å². The van der Waals surface area contributed by atoms with Crippen molar-refractivity contribution in [1.82, 2.24) is 14.9 Å². The molecule has 7 nitrogen and oxygen atoms in total. The van der Waals surface area contributed by atoms with Gasteiger partial charge in [0.1, 0.15) is 22.9 Å². The summed E-state index contributed by atoms with van der Waals surface area (Å²) in [5, 5.41) is 5.44. The predicted octanol–water partition coefficient (Wildman–Crippen LogP) is 3.47. The second-order valence-electron chi connectivity index (χ2n) is 7.14. The number of halogens is 1. The molecule has 0 radical (unpaired) electrons. The summed E-state index contributed by atoms with van der Waals surface area (Å²) in [5.74, 6) is -0.00239. The molecular formula is C19H25FN4O3. The summed E-state index contributed by atoms with van der Waals surface area (Å²) in [4.78, 5) is 28.0. The Hall–Kier alpha value is -2.90. The van der Waals surface area contributed by atoms with Crippen molar-refractivity contribution in [3.63, 3.8) is 0 Å². The van der Waals surface area contributed by atoms with Crippen LogP contribution < -0.4 is 10.6 Å². The van der Waals surface area contributed by atoms with Gasteiger partial charge in [-0.2, -0.15) is 0 Å². The number of rotatable bonds is 6. The van der Waals surface area contributed by atoms with E-state index in [0.29, 0.717) is 30.0 Å². The third kappa shape index (κ3) is 6.40. The molecule has 0 spiro atoms. The molecule has 27 heavy (non-hydrogen) atoms. The Kier molecular flexibility index (Phi) is 6.55. The van der Waals surface area contributed by atoms with E-state index in [0.717, 1.165) is 0 Å². The number of nitrogens with one attached hydrogen (secondary N) is 2. The van der Waals surface area contributed by atoms with Gasteiger partial charge >= 0.3 is 6.09 Å². The quantitative estimate of drug-likeness (QED) is 0.756. The number of alkyl carbamates (subject to hydrolysis) is 1. The van der Waals surface area contributed by atoms with Gasteiger partial charge < -0.3 is 19.9 Å². The van der Waals surface area contributed by atoms with Crippen LogP contribution in [0.4, 0.5) is 15.0 Å². The highest BCUT2D eigenvalue weighted by Gasteiger charge is 2.16. The van der Waals surface area contributed by atoms with Crippen molar-refractivity contribution < 1.29 is 18.7 Å². The zero-order valence-corrected chi connectivity index (χ0v) is 16.0. The molecule has 2 amide bonds. The number of aromatic nitrogens is 2. The zero-order valence-electron chi connectivity index (χ0n) is 16.0. The molecule has 1 aromatic heterocycles. The summed E-state index contributed by atoms with van der Waals surface area (Å²) in [6, 6.07) is 5.91. The highest BCUT2D eigenvalue weighted by molar-refractivity contribution is 5.93. The maximum absolute atomic E-state index is 13.1. The summed E-state index contributed by atoms with van der Waals surface area (Å²) in [6.07, 6.45) is 1.77. The van der Waals surface area contributed by atoms with Gasteiger partial charge in [0.25, 0.3) is 0 Å². The number of ether oxygens (including phenoxy) is 1. The van der Waals surface area contributed by atoms with E-state index in [-0.39, 0.29) is 18.1 Å². The molecule has 2 rings (SSSR count). The van der Waals surface area contributed by atoms with Crippen LogP contribution in [0.2, 0.25) is 0 Å². The Morgan fingerprint density at radius 1 is 1.22 bits per heavy atom. The molecular weight excluding hydrogens is 351 g/mol. The van der Waals surface area contributed by atoms with Gasteiger partial charge in [0.2, 0.25) is 5.91 Å². The van der Waals surface area contributed by atoms with Crippen LogP contribution in [0.3, 0.4) is 0 Å². The Bertz CT molecular complexity index is 794. The fourth-order valence-electron chi connectivity index (χ4n) is 2.34. The minimum absolute atomic E-state index is 0.201. The molecule has 2 aromatic rings. The molecule has 0 aliphatic carbocycles. The molecule has 0 fully saturated rings. The van der Waals surface area contributed by atoms with E-state index >= 15 is 0 Å². The summed E-state index contributed by atoms with van der Waals surface area (Å²) < 4.78 is 19.9. The Morgan fingerprint density at radius 2 is 1.89 bits per heavy atom. The molecule has 0 aliphatic rings. The number of anilines is 1. The fraction of sp³-hybridized carbons (Fsp3) is 0.421. The SMILES string of the molecule is Cn1cnc(-c2ccc(F)cc2)c1NC(=O)CCCNC(=O)OC(C)(C)C. The number of carbonyl (C=O) groups is 2. The number of nitrogens with zero attached hydrogens (tertiary/aromatic N) is 2. The number of amides is 2. The largest absolute Gasteiger partial charge is 0.444 e. The summed E-state index contributed by atoms with van der Waals surface area (Å²) in [7, 11) is 1.76. The van der Waals surface area contributed by atoms with Crippen LogP contribution in [0.1, 0.15) is 33.6 Å². The maximum atomic E-state index is 13.1. The van der Waals surface area contributed by atoms with Crippen LogP contribution in [0.25, 0.3) is 11.3 Å². The van der Waals surface area contributed by atoms with Crippen LogP contribution in [-0.4, -0.2) is 33.7 Å². The topological polar surface area (TPSA) is 85.3 Å². The monoisotopic (exact) mass is 376 g/mol. The lowest BCUT2D eigenvalue weighted by Gasteiger charge is -2.19. The minimum Gasteiger partial charge on any atom is -0.444 e. The van der Waals surface area contributed by atoms with Gasteiger partial charge in [0, 0.05) is 25.6 Å². The lowest BCUT2D eigenvalue weighted by Crippen LogP contribution is -2.33. The standard InChI is InChI=1S/C19H25FN4O3/c1-19(2,3)27-18(26)21-11-5-6-15(25)23-17-16(22-12-24(17)4)13-7-9-14(20)10-8-13/h7-10,12H,5-6,11H2,1-4H3,(H,21,26)(H,23,25). The third-order valence-electron chi connectivity index (χ3n) is 3.56. The average Bonchev–Trinajstić information content (AvgIpc) is 2.92. The number of hydrogen-bond acceptors (Lipinski definition) is 4. The smallest absolute Gasteiger partial charge is 0.407 e. The first-order chi connectivity index (χ1) is 12.7. The molecule has 0 saturated carbocycles. The van der Waals surface area contributed by atoms with E-state index in [9.17, 15) is 14.0 Å². The highest BCUT2D eigenvalue weighted by Crippen LogP contribution is 2.26. The van der Waals surface area contributed by atoms with Gasteiger partial charge in [-0.1, -0.05) is 0 Å². The Labute approximate surface area is 157 Å². The van der Waals surface area contributed by atoms with Crippen molar-refractivity contribution in [3.8, 4) is 11.3 Å². The van der Waals surface area contributed by atoms with Crippen molar-refractivity contribution in [2.45, 2.75) is 39.2 Å². The molecule has 8 heteroatoms. The van der Waals surface area contributed by atoms with Crippen LogP contribution in [0, 0.1) is 5.82 Å². The van der Waals surface area contributed by atoms with Crippen LogP contribution in [0.15, 0.2) is 30.6 Å². The van der Waals surface area contributed by atoms with Crippen molar-refractivity contribution in [2.24, 2.45) is 7.05 Å². The van der Waals surface area contributed by atoms with Crippen molar-refractivity contribution in [3.05, 3.63) is 36.4 Å². The van der Waals surface area contributed by atoms with E-state index in [4.69, 9.17) is 4.74 Å². The number of hydrogen-bond donors (Lipinski definition) is 2. The molecule has 0 aliphatic heterocycles. The van der Waals surface area contributed by atoms with Gasteiger partial charge in [-0.3, -0.25) is 4.79 Å². The summed E-state index contributed by atoms with van der Waals surface area (Å²) >= 11 is 0. The lowest BCUT2D eigenvalue weighted by molar-refractivity contribution is -0.116. The highest BCUT2D eigenvalue weighted by atomic mass is 19.1. The minimum atomic E-state index is -0.558. The van der Waals surface area contributed by atoms with Gasteiger partial charge in [0.15, 0.2) is 0 Å². The van der Waals surface area contributed by atoms with Crippen LogP contribution in [-0.2, 0) is 16.6 Å². The van der Waals surface area contributed by atoms with Crippen molar-refractivity contribution >= 4 is 17.8 Å². The fourth-order valence-corrected chi connectivity index (χ4v) is 2.34. The van der Waals surface area contributed by atoms with Gasteiger partial charge in [-0.25, -0.2) is 14.2 Å². The molecule has 0 unspecified atom stereocenters. The van der Waals surface area contributed by atoms with Gasteiger partial charge in [-0.15, -0.1) is 0 Å². The maximum Gasteiger partial charge on any atom is 0.407 e. The molecule has 0 bridgehead atoms. The first-order valence-electron chi connectivity index (χ1n) is 8.69. The first-order valence-corrected chi connectivity index (χ1v) is 8.69. The number of carbonyl (C=O) groups excluding carboxylic acids is 2. The molecule has 146 valence electrons. The number of benzene rings is 1. The van der Waals surface area contributed by atoms with E-state index in [2.05, 4.69) is 15.6 Å². The first kappa shape index (κ1) is 20.4. The van der Waals surface area contributed by atoms with Crippen LogP contribution in [0.5, 0.6) is 0 Å². The normalized spacial score (nSPS) is 11.1. The van der Waals surface area contributed by atoms with E-state index in [1.54, 1.807) is 50.8 Å². The zero-order chi connectivity index (χ0) is 20.0. The number of aryl methyl sites for hydroxylation is 1. The average molecular weight is 376 g/mol. The second-order valence-corrected chi connectivity index (χ2v) is 7.14. The Morgan fingerprint density at radius 3 is 2.52 bits per heavy atom. The third-order valence-corrected chi connectivity index (χ3v) is 3.56. The molecule has 2 N–H and O–H groups in total. The lowest BCUT2D eigenvalue weighted by atomic mass is 10.1. The van der Waals surface area contributed by atoms with E-state index in [1.807, 2.05) is 0 Å². The predicted molar refractivity (Wildman–Crippen MR) is 101 cm³/mol. The molecule has 0 atom stereocenters. The summed E-state index contributed by atoms with van der Waals surface area (Å²) in [5.41, 5.74) is 0.717. The van der Waals surface area contributed by atoms with E-state index < -0.39 is 11.7 Å². The van der Waals surface area contributed by atoms with Gasteiger partial charge in [-0.05, 0) is 51.5 Å². The molecule has 1 heterocycles.